The van der Waals surface area contributed by atoms with Gasteiger partial charge in [-0.2, -0.15) is 4.31 Å². The molecule has 0 aliphatic carbocycles. The van der Waals surface area contributed by atoms with E-state index in [1.807, 2.05) is 37.3 Å². The van der Waals surface area contributed by atoms with Crippen LogP contribution in [0.25, 0.3) is 10.2 Å². The molecule has 0 bridgehead atoms. The number of anilines is 1. The molecule has 38 heavy (non-hydrogen) atoms. The van der Waals surface area contributed by atoms with Crippen molar-refractivity contribution in [2.75, 3.05) is 25.1 Å². The van der Waals surface area contributed by atoms with Gasteiger partial charge < -0.3 is 4.74 Å². The molecule has 0 spiro atoms. The summed E-state index contributed by atoms with van der Waals surface area (Å²) in [7, 11) is -2.20. The number of amides is 1. The fourth-order valence-corrected chi connectivity index (χ4v) is 7.63. The number of aryl methyl sites for hydroxylation is 2. The number of benzene rings is 3. The van der Waals surface area contributed by atoms with Crippen LogP contribution in [-0.2, 0) is 21.4 Å². The predicted octanol–water partition coefficient (Wildman–Crippen LogP) is 5.56. The Morgan fingerprint density at radius 3 is 2.55 bits per heavy atom. The van der Waals surface area contributed by atoms with Crippen LogP contribution < -0.4 is 9.64 Å². The molecule has 0 radical (unpaired) electrons. The maximum atomic E-state index is 14.1. The van der Waals surface area contributed by atoms with Crippen molar-refractivity contribution in [3.63, 3.8) is 0 Å². The fraction of sp³-hybridized carbons (Fsp3) is 0.310. The lowest BCUT2D eigenvalue weighted by atomic mass is 9.98. The van der Waals surface area contributed by atoms with Crippen molar-refractivity contribution >= 4 is 42.6 Å². The molecule has 1 aliphatic rings. The van der Waals surface area contributed by atoms with Gasteiger partial charge in [-0.05, 0) is 73.7 Å². The molecule has 1 fully saturated rings. The van der Waals surface area contributed by atoms with Gasteiger partial charge in [-0.25, -0.2) is 13.4 Å². The van der Waals surface area contributed by atoms with Gasteiger partial charge in [0.15, 0.2) is 5.13 Å². The zero-order valence-corrected chi connectivity index (χ0v) is 23.4. The van der Waals surface area contributed by atoms with Gasteiger partial charge in [-0.15, -0.1) is 0 Å². The summed E-state index contributed by atoms with van der Waals surface area (Å²) >= 11 is 1.50. The Bertz CT molecular complexity index is 1550. The topological polar surface area (TPSA) is 79.8 Å². The van der Waals surface area contributed by atoms with E-state index in [1.165, 1.54) is 15.6 Å². The van der Waals surface area contributed by atoms with Gasteiger partial charge in [-0.3, -0.25) is 9.69 Å². The van der Waals surface area contributed by atoms with Gasteiger partial charge in [0.2, 0.25) is 15.9 Å². The van der Waals surface area contributed by atoms with Crippen LogP contribution in [0.4, 0.5) is 5.13 Å². The lowest BCUT2D eigenvalue weighted by molar-refractivity contribution is -0.123. The Kier molecular flexibility index (Phi) is 7.52. The molecule has 198 valence electrons. The van der Waals surface area contributed by atoms with Crippen molar-refractivity contribution in [1.82, 2.24) is 9.29 Å². The van der Waals surface area contributed by atoms with Crippen molar-refractivity contribution in [2.45, 2.75) is 38.1 Å². The highest BCUT2D eigenvalue weighted by Gasteiger charge is 2.36. The molecule has 1 atom stereocenters. The Labute approximate surface area is 227 Å². The number of aromatic nitrogens is 1. The molecule has 1 aromatic heterocycles. The highest BCUT2D eigenvalue weighted by atomic mass is 32.2. The molecule has 9 heteroatoms. The maximum Gasteiger partial charge on any atom is 0.243 e. The molecule has 4 aromatic rings. The van der Waals surface area contributed by atoms with E-state index < -0.39 is 15.9 Å². The number of carbonyl (C=O) groups excluding carboxylic acids is 1. The average Bonchev–Trinajstić information content (AvgIpc) is 3.36. The SMILES string of the molecule is COc1ccc(S(=O)(=O)N2CCCC(C(=O)N(Cc3ccccc3)c3nc4c(C)cc(C)cc4s3)C2)cc1. The van der Waals surface area contributed by atoms with Crippen LogP contribution in [0.5, 0.6) is 5.75 Å². The number of hydrogen-bond donors (Lipinski definition) is 0. The summed E-state index contributed by atoms with van der Waals surface area (Å²) < 4.78 is 34.5. The van der Waals surface area contributed by atoms with Gasteiger partial charge in [0.05, 0.1) is 34.7 Å². The first-order valence-electron chi connectivity index (χ1n) is 12.6. The molecule has 5 rings (SSSR count). The zero-order valence-electron chi connectivity index (χ0n) is 21.8. The molecule has 0 N–H and O–H groups in total. The molecule has 1 unspecified atom stereocenters. The number of nitrogens with zero attached hydrogens (tertiary/aromatic N) is 3. The summed E-state index contributed by atoms with van der Waals surface area (Å²) in [6.45, 7) is 4.99. The van der Waals surface area contributed by atoms with Gasteiger partial charge >= 0.3 is 0 Å². The molecular formula is C29H31N3O4S2. The van der Waals surface area contributed by atoms with Crippen LogP contribution in [0, 0.1) is 19.8 Å². The second-order valence-corrected chi connectivity index (χ2v) is 12.7. The monoisotopic (exact) mass is 549 g/mol. The van der Waals surface area contributed by atoms with E-state index >= 15 is 0 Å². The van der Waals surface area contributed by atoms with E-state index in [-0.39, 0.29) is 17.3 Å². The third-order valence-corrected chi connectivity index (χ3v) is 9.83. The average molecular weight is 550 g/mol. The number of methoxy groups -OCH3 is 1. The Hall–Kier alpha value is -3.27. The van der Waals surface area contributed by atoms with Crippen LogP contribution in [-0.4, -0.2) is 43.8 Å². The molecule has 1 saturated heterocycles. The molecule has 3 aromatic carbocycles. The van der Waals surface area contributed by atoms with Crippen molar-refractivity contribution < 1.29 is 17.9 Å². The smallest absolute Gasteiger partial charge is 0.243 e. The van der Waals surface area contributed by atoms with E-state index in [0.29, 0.717) is 36.8 Å². The Balaban J connectivity index is 1.45. The number of ether oxygens (including phenoxy) is 1. The summed E-state index contributed by atoms with van der Waals surface area (Å²) in [4.78, 5) is 20.9. The molecule has 1 amide bonds. The predicted molar refractivity (Wildman–Crippen MR) is 151 cm³/mol. The number of thiazole rings is 1. The summed E-state index contributed by atoms with van der Waals surface area (Å²) in [6, 6.07) is 20.4. The summed E-state index contributed by atoms with van der Waals surface area (Å²) in [6.07, 6.45) is 1.24. The van der Waals surface area contributed by atoms with Crippen LogP contribution in [0.2, 0.25) is 0 Å². The Morgan fingerprint density at radius 2 is 1.84 bits per heavy atom. The highest BCUT2D eigenvalue weighted by Crippen LogP contribution is 2.34. The summed E-state index contributed by atoms with van der Waals surface area (Å²) in [5.74, 6) is 0.0284. The molecule has 1 aliphatic heterocycles. The first-order chi connectivity index (χ1) is 18.3. The van der Waals surface area contributed by atoms with E-state index in [4.69, 9.17) is 9.72 Å². The Morgan fingerprint density at radius 1 is 1.11 bits per heavy atom. The second-order valence-electron chi connectivity index (χ2n) is 9.71. The summed E-state index contributed by atoms with van der Waals surface area (Å²) in [5, 5.41) is 0.637. The molecular weight excluding hydrogens is 518 g/mol. The van der Waals surface area contributed by atoms with E-state index in [0.717, 1.165) is 26.9 Å². The lowest BCUT2D eigenvalue weighted by Gasteiger charge is -2.33. The van der Waals surface area contributed by atoms with Crippen LogP contribution in [0.3, 0.4) is 0 Å². The summed E-state index contributed by atoms with van der Waals surface area (Å²) in [5.41, 5.74) is 4.11. The first-order valence-corrected chi connectivity index (χ1v) is 14.9. The first kappa shape index (κ1) is 26.3. The van der Waals surface area contributed by atoms with Crippen LogP contribution in [0.1, 0.15) is 29.5 Å². The van der Waals surface area contributed by atoms with Gasteiger partial charge in [-0.1, -0.05) is 47.7 Å². The number of rotatable bonds is 7. The highest BCUT2D eigenvalue weighted by molar-refractivity contribution is 7.89. The quantitative estimate of drug-likeness (QED) is 0.302. The number of piperidine rings is 1. The van der Waals surface area contributed by atoms with Gasteiger partial charge in [0.25, 0.3) is 0 Å². The normalized spacial score (nSPS) is 16.4. The van der Waals surface area contributed by atoms with Crippen molar-refractivity contribution in [2.24, 2.45) is 5.92 Å². The standard InChI is InChI=1S/C29H31N3O4S2/c1-20-16-21(2)27-26(17-20)37-29(30-27)32(18-22-8-5-4-6-9-22)28(33)23-10-7-15-31(19-23)38(34,35)25-13-11-24(36-3)12-14-25/h4-6,8-9,11-14,16-17,23H,7,10,15,18-19H2,1-3H3. The minimum absolute atomic E-state index is 0.100. The third-order valence-electron chi connectivity index (χ3n) is 6.93. The number of hydrogen-bond acceptors (Lipinski definition) is 6. The van der Waals surface area contributed by atoms with E-state index in [9.17, 15) is 13.2 Å². The van der Waals surface area contributed by atoms with Crippen molar-refractivity contribution in [1.29, 1.82) is 0 Å². The van der Waals surface area contributed by atoms with E-state index in [1.54, 1.807) is 36.3 Å². The van der Waals surface area contributed by atoms with Crippen LogP contribution in [0.15, 0.2) is 71.6 Å². The van der Waals surface area contributed by atoms with Crippen LogP contribution >= 0.6 is 11.3 Å². The minimum atomic E-state index is -3.74. The number of fused-ring (bicyclic) bond motifs is 1. The maximum absolute atomic E-state index is 14.1. The largest absolute Gasteiger partial charge is 0.497 e. The second kappa shape index (κ2) is 10.8. The minimum Gasteiger partial charge on any atom is -0.497 e. The van der Waals surface area contributed by atoms with Gasteiger partial charge in [0.1, 0.15) is 5.75 Å². The number of carbonyl (C=O) groups is 1. The number of sulfonamides is 1. The third kappa shape index (κ3) is 5.32. The zero-order chi connectivity index (χ0) is 26.9. The van der Waals surface area contributed by atoms with E-state index in [2.05, 4.69) is 19.1 Å². The molecule has 0 saturated carbocycles. The van der Waals surface area contributed by atoms with Crippen molar-refractivity contribution in [3.05, 3.63) is 83.4 Å². The lowest BCUT2D eigenvalue weighted by Crippen LogP contribution is -2.46. The fourth-order valence-electron chi connectivity index (χ4n) is 4.96. The molecule has 2 heterocycles. The van der Waals surface area contributed by atoms with Crippen molar-refractivity contribution in [3.8, 4) is 5.75 Å². The van der Waals surface area contributed by atoms with Gasteiger partial charge in [0, 0.05) is 13.1 Å². The molecule has 7 nitrogen and oxygen atoms in total.